The summed E-state index contributed by atoms with van der Waals surface area (Å²) < 4.78 is 4.31. The van der Waals surface area contributed by atoms with Gasteiger partial charge in [0.1, 0.15) is 0 Å². The predicted molar refractivity (Wildman–Crippen MR) is 48.4 cm³/mol. The van der Waals surface area contributed by atoms with Gasteiger partial charge in [0.05, 0.1) is 13.2 Å². The third-order valence-corrected chi connectivity index (χ3v) is 2.45. The Morgan fingerprint density at radius 2 is 2.07 bits per heavy atom. The third-order valence-electron chi connectivity index (χ3n) is 2.45. The minimum atomic E-state index is -0.840. The Balaban J connectivity index is 2.31. The van der Waals surface area contributed by atoms with Crippen LogP contribution in [0.3, 0.4) is 0 Å². The Morgan fingerprint density at radius 3 is 2.50 bits per heavy atom. The van der Waals surface area contributed by atoms with Crippen LogP contribution in [0.2, 0.25) is 0 Å². The maximum atomic E-state index is 11.2. The summed E-state index contributed by atoms with van der Waals surface area (Å²) in [6.45, 7) is 0.505. The van der Waals surface area contributed by atoms with Gasteiger partial charge in [-0.25, -0.2) is 4.79 Å². The van der Waals surface area contributed by atoms with Crippen LogP contribution in [0.4, 0.5) is 0 Å². The number of ether oxygens (including phenoxy) is 1. The molecule has 1 saturated carbocycles. The minimum absolute atomic E-state index is 0.235. The number of carbonyl (C=O) groups is 2. The highest BCUT2D eigenvalue weighted by Crippen LogP contribution is 2.27. The largest absolute Gasteiger partial charge is 0.462 e. The van der Waals surface area contributed by atoms with Gasteiger partial charge >= 0.3 is 11.9 Å². The van der Waals surface area contributed by atoms with Crippen molar-refractivity contribution >= 4 is 11.9 Å². The second-order valence-corrected chi connectivity index (χ2v) is 3.67. The van der Waals surface area contributed by atoms with Crippen LogP contribution in [-0.2, 0) is 14.3 Å². The summed E-state index contributed by atoms with van der Waals surface area (Å²) in [7, 11) is 2.74. The first-order valence-electron chi connectivity index (χ1n) is 4.56. The molecule has 0 atom stereocenters. The molecule has 0 radical (unpaired) electrons. The first-order valence-corrected chi connectivity index (χ1v) is 4.56. The molecular weight excluding hydrogens is 186 g/mol. The minimum Gasteiger partial charge on any atom is -0.462 e. The van der Waals surface area contributed by atoms with Crippen molar-refractivity contribution in [1.29, 1.82) is 0 Å². The highest BCUT2D eigenvalue weighted by molar-refractivity contribution is 6.32. The highest BCUT2D eigenvalue weighted by atomic mass is 16.5. The summed E-state index contributed by atoms with van der Waals surface area (Å²) in [4.78, 5) is 23.4. The first kappa shape index (κ1) is 11.0. The quantitative estimate of drug-likeness (QED) is 0.478. The van der Waals surface area contributed by atoms with Gasteiger partial charge in [-0.05, 0) is 18.8 Å². The Hall–Kier alpha value is -1.10. The van der Waals surface area contributed by atoms with Gasteiger partial charge in [0.2, 0.25) is 0 Å². The smallest absolute Gasteiger partial charge is 0.396 e. The number of esters is 1. The lowest BCUT2D eigenvalue weighted by atomic mass is 9.82. The standard InChI is InChI=1S/C9H15NO4/c1-10(8(12)9(13)14-2)5-6-3-7(11)4-6/h6-7,11H,3-5H2,1-2H3. The highest BCUT2D eigenvalue weighted by Gasteiger charge is 2.30. The lowest BCUT2D eigenvalue weighted by Crippen LogP contribution is -2.42. The van der Waals surface area contributed by atoms with Crippen molar-refractivity contribution in [2.24, 2.45) is 5.92 Å². The second kappa shape index (κ2) is 4.41. The van der Waals surface area contributed by atoms with Crippen LogP contribution in [0.15, 0.2) is 0 Å². The van der Waals surface area contributed by atoms with Gasteiger partial charge in [-0.1, -0.05) is 0 Å². The van der Waals surface area contributed by atoms with E-state index < -0.39 is 11.9 Å². The van der Waals surface area contributed by atoms with Gasteiger partial charge < -0.3 is 14.7 Å². The van der Waals surface area contributed by atoms with Gasteiger partial charge in [-0.3, -0.25) is 4.79 Å². The molecular formula is C9H15NO4. The zero-order valence-electron chi connectivity index (χ0n) is 8.40. The van der Waals surface area contributed by atoms with E-state index in [0.717, 1.165) is 0 Å². The van der Waals surface area contributed by atoms with E-state index in [1.165, 1.54) is 12.0 Å². The second-order valence-electron chi connectivity index (χ2n) is 3.67. The molecule has 14 heavy (non-hydrogen) atoms. The van der Waals surface area contributed by atoms with Crippen molar-refractivity contribution in [2.75, 3.05) is 20.7 Å². The topological polar surface area (TPSA) is 66.8 Å². The zero-order valence-corrected chi connectivity index (χ0v) is 8.40. The lowest BCUT2D eigenvalue weighted by molar-refractivity contribution is -0.158. The molecule has 5 nitrogen and oxygen atoms in total. The van der Waals surface area contributed by atoms with Crippen molar-refractivity contribution in [1.82, 2.24) is 4.90 Å². The number of rotatable bonds is 2. The number of aliphatic hydroxyl groups is 1. The number of amides is 1. The number of likely N-dealkylation sites (N-methyl/N-ethyl adjacent to an activating group) is 1. The summed E-state index contributed by atoms with van der Waals surface area (Å²) in [6.07, 6.45) is 1.18. The maximum absolute atomic E-state index is 11.2. The summed E-state index contributed by atoms with van der Waals surface area (Å²) >= 11 is 0. The van der Waals surface area contributed by atoms with Crippen LogP contribution in [-0.4, -0.2) is 48.7 Å². The molecule has 1 fully saturated rings. The van der Waals surface area contributed by atoms with E-state index in [1.54, 1.807) is 7.05 Å². The van der Waals surface area contributed by atoms with Crippen LogP contribution in [0.25, 0.3) is 0 Å². The van der Waals surface area contributed by atoms with E-state index in [9.17, 15) is 9.59 Å². The molecule has 0 saturated heterocycles. The van der Waals surface area contributed by atoms with Crippen LogP contribution in [0, 0.1) is 5.92 Å². The summed E-state index contributed by atoms with van der Waals surface area (Å²) in [5, 5.41) is 9.03. The number of hydrogen-bond donors (Lipinski definition) is 1. The van der Waals surface area contributed by atoms with E-state index in [0.29, 0.717) is 25.3 Å². The molecule has 80 valence electrons. The van der Waals surface area contributed by atoms with Crippen molar-refractivity contribution in [3.05, 3.63) is 0 Å². The van der Waals surface area contributed by atoms with Gasteiger partial charge in [-0.2, -0.15) is 0 Å². The van der Waals surface area contributed by atoms with Crippen molar-refractivity contribution in [3.63, 3.8) is 0 Å². The fourth-order valence-corrected chi connectivity index (χ4v) is 1.56. The van der Waals surface area contributed by atoms with Gasteiger partial charge in [0.15, 0.2) is 0 Å². The van der Waals surface area contributed by atoms with Crippen LogP contribution in [0.5, 0.6) is 0 Å². The van der Waals surface area contributed by atoms with E-state index in [2.05, 4.69) is 4.74 Å². The van der Waals surface area contributed by atoms with E-state index in [-0.39, 0.29) is 6.10 Å². The average Bonchev–Trinajstić information content (AvgIpc) is 2.12. The fraction of sp³-hybridized carbons (Fsp3) is 0.778. The number of methoxy groups -OCH3 is 1. The monoisotopic (exact) mass is 201 g/mol. The third kappa shape index (κ3) is 2.45. The first-order chi connectivity index (χ1) is 6.54. The average molecular weight is 201 g/mol. The molecule has 1 amide bonds. The molecule has 1 aliphatic rings. The molecule has 0 aromatic heterocycles. The van der Waals surface area contributed by atoms with Crippen LogP contribution in [0.1, 0.15) is 12.8 Å². The number of hydrogen-bond acceptors (Lipinski definition) is 4. The summed E-state index contributed by atoms with van der Waals surface area (Å²) in [5.74, 6) is -1.16. The fourth-order valence-electron chi connectivity index (χ4n) is 1.56. The van der Waals surface area contributed by atoms with E-state index in [1.807, 2.05) is 0 Å². The molecule has 0 heterocycles. The summed E-state index contributed by atoms with van der Waals surface area (Å²) in [6, 6.07) is 0. The predicted octanol–water partition coefficient (Wildman–Crippen LogP) is -0.611. The van der Waals surface area contributed by atoms with Crippen molar-refractivity contribution < 1.29 is 19.4 Å². The normalized spacial score (nSPS) is 25.1. The summed E-state index contributed by atoms with van der Waals surface area (Å²) in [5.41, 5.74) is 0. The molecule has 0 unspecified atom stereocenters. The Morgan fingerprint density at radius 1 is 1.50 bits per heavy atom. The van der Waals surface area contributed by atoms with E-state index >= 15 is 0 Å². The Labute approximate surface area is 82.6 Å². The van der Waals surface area contributed by atoms with Crippen LogP contribution >= 0.6 is 0 Å². The van der Waals surface area contributed by atoms with Crippen LogP contribution < -0.4 is 0 Å². The maximum Gasteiger partial charge on any atom is 0.396 e. The number of nitrogens with zero attached hydrogens (tertiary/aromatic N) is 1. The molecule has 1 N–H and O–H groups in total. The van der Waals surface area contributed by atoms with E-state index in [4.69, 9.17) is 5.11 Å². The molecule has 0 aromatic carbocycles. The molecule has 1 rings (SSSR count). The van der Waals surface area contributed by atoms with Crippen molar-refractivity contribution in [3.8, 4) is 0 Å². The molecule has 0 spiro atoms. The van der Waals surface area contributed by atoms with Crippen molar-refractivity contribution in [2.45, 2.75) is 18.9 Å². The molecule has 5 heteroatoms. The SMILES string of the molecule is COC(=O)C(=O)N(C)CC1CC(O)C1. The number of aliphatic hydroxyl groups excluding tert-OH is 1. The van der Waals surface area contributed by atoms with Gasteiger partial charge in [-0.15, -0.1) is 0 Å². The Bertz CT molecular complexity index is 235. The zero-order chi connectivity index (χ0) is 10.7. The molecule has 0 aromatic rings. The molecule has 0 bridgehead atoms. The lowest BCUT2D eigenvalue weighted by Gasteiger charge is -2.33. The number of carbonyl (C=O) groups excluding carboxylic acids is 2. The van der Waals surface area contributed by atoms with Gasteiger partial charge in [0.25, 0.3) is 0 Å². The molecule has 1 aliphatic carbocycles. The molecule has 0 aliphatic heterocycles. The van der Waals surface area contributed by atoms with Gasteiger partial charge in [0, 0.05) is 13.6 Å². The Kier molecular flexibility index (Phi) is 3.46.